The zero-order chi connectivity index (χ0) is 29.5. The molecule has 2 atom stereocenters. The van der Waals surface area contributed by atoms with Crippen LogP contribution in [0.1, 0.15) is 49.0 Å². The first-order valence-corrected chi connectivity index (χ1v) is 12.4. The molecule has 0 aromatic carbocycles. The number of H-pyrrole nitrogens is 1. The summed E-state index contributed by atoms with van der Waals surface area (Å²) in [6.45, 7) is -0.445. The van der Waals surface area contributed by atoms with Gasteiger partial charge in [0.15, 0.2) is 17.1 Å². The second-order valence-electron chi connectivity index (χ2n) is 9.96. The maximum atomic E-state index is 14.2. The van der Waals surface area contributed by atoms with Crippen molar-refractivity contribution in [2.45, 2.75) is 68.6 Å². The lowest BCUT2D eigenvalue weighted by Gasteiger charge is -2.40. The number of aliphatic hydroxyl groups is 1. The Morgan fingerprint density at radius 2 is 1.82 bits per heavy atom. The molecule has 0 radical (unpaired) electrons. The molecule has 1 aliphatic heterocycles. The van der Waals surface area contributed by atoms with Crippen molar-refractivity contribution in [1.29, 1.82) is 0 Å². The van der Waals surface area contributed by atoms with Crippen LogP contribution in [0.15, 0.2) is 18.3 Å². The van der Waals surface area contributed by atoms with Crippen LogP contribution in [-0.2, 0) is 4.79 Å². The lowest BCUT2D eigenvalue weighted by molar-refractivity contribution is -0.270. The van der Waals surface area contributed by atoms with Crippen LogP contribution in [0.5, 0.6) is 5.88 Å². The highest BCUT2D eigenvalue weighted by molar-refractivity contribution is 5.94. The van der Waals surface area contributed by atoms with E-state index in [0.29, 0.717) is 4.90 Å². The molecule has 2 aromatic heterocycles. The number of likely N-dealkylation sites (tertiary alicyclic amines) is 1. The van der Waals surface area contributed by atoms with Crippen molar-refractivity contribution in [3.8, 4) is 17.1 Å². The van der Waals surface area contributed by atoms with Gasteiger partial charge < -0.3 is 20.1 Å². The summed E-state index contributed by atoms with van der Waals surface area (Å²) >= 11 is 0. The minimum Gasteiger partial charge on any atom is -0.481 e. The Hall–Kier alpha value is -3.43. The first-order chi connectivity index (χ1) is 18.6. The number of aromatic amines is 1. The highest BCUT2D eigenvalue weighted by atomic mass is 19.4. The Morgan fingerprint density at radius 3 is 2.42 bits per heavy atom. The third-order valence-corrected chi connectivity index (χ3v) is 7.43. The first kappa shape index (κ1) is 29.6. The number of hydrogen-bond acceptors (Lipinski definition) is 6. The number of halogens is 7. The summed E-state index contributed by atoms with van der Waals surface area (Å²) in [4.78, 5) is 30.0. The number of pyridine rings is 1. The van der Waals surface area contributed by atoms with Gasteiger partial charge in [0.2, 0.25) is 11.8 Å². The monoisotopic (exact) mass is 581 g/mol. The molecule has 40 heavy (non-hydrogen) atoms. The molecular weight excluding hydrogens is 555 g/mol. The molecule has 2 amide bonds. The van der Waals surface area contributed by atoms with Crippen LogP contribution in [0.25, 0.3) is 11.3 Å². The number of piperidine rings is 1. The average molecular weight is 581 g/mol. The summed E-state index contributed by atoms with van der Waals surface area (Å²) < 4.78 is 100. The summed E-state index contributed by atoms with van der Waals surface area (Å²) in [5.41, 5.74) is -3.33. The molecule has 16 heteroatoms. The number of nitrogens with one attached hydrogen (secondary N) is 2. The van der Waals surface area contributed by atoms with Crippen molar-refractivity contribution < 1.29 is 50.2 Å². The molecule has 2 aromatic rings. The molecule has 2 unspecified atom stereocenters. The minimum atomic E-state index is -4.90. The van der Waals surface area contributed by atoms with Gasteiger partial charge in [0.05, 0.1) is 19.0 Å². The van der Waals surface area contributed by atoms with Gasteiger partial charge in [-0.2, -0.15) is 31.4 Å². The number of hydrogen-bond donors (Lipinski definition) is 3. The standard InChI is InChI=1S/C24H26F7N5O4/c1-40-19-9-14(15(25)11-32-19)16-10-17(35-34-16)21(38)36-7-4-12(8-18(36)23(26,27)28)20(37)33-13-2-5-22(39,6-3-13)24(29,30)31/h9-13,18,39H,2-8H2,1H3,(H,33,37)(H,34,35). The summed E-state index contributed by atoms with van der Waals surface area (Å²) in [6, 6.07) is -0.745. The van der Waals surface area contributed by atoms with E-state index in [-0.39, 0.29) is 36.4 Å². The first-order valence-electron chi connectivity index (χ1n) is 12.4. The van der Waals surface area contributed by atoms with Gasteiger partial charge in [-0.25, -0.2) is 9.37 Å². The molecular formula is C24H26F7N5O4. The van der Waals surface area contributed by atoms with E-state index >= 15 is 0 Å². The van der Waals surface area contributed by atoms with Crippen molar-refractivity contribution in [2.75, 3.05) is 13.7 Å². The van der Waals surface area contributed by atoms with E-state index in [1.165, 1.54) is 13.2 Å². The summed E-state index contributed by atoms with van der Waals surface area (Å²) in [5, 5.41) is 18.5. The van der Waals surface area contributed by atoms with Gasteiger partial charge in [-0.3, -0.25) is 14.7 Å². The Kier molecular flexibility index (Phi) is 8.02. The zero-order valence-corrected chi connectivity index (χ0v) is 21.1. The minimum absolute atomic E-state index is 0.00396. The van der Waals surface area contributed by atoms with Gasteiger partial charge in [0, 0.05) is 30.1 Å². The fourth-order valence-electron chi connectivity index (χ4n) is 5.05. The molecule has 3 N–H and O–H groups in total. The Balaban J connectivity index is 1.43. The van der Waals surface area contributed by atoms with Crippen LogP contribution in [0.4, 0.5) is 30.7 Å². The normalized spacial score (nSPS) is 25.9. The molecule has 9 nitrogen and oxygen atoms in total. The number of amides is 2. The second-order valence-corrected chi connectivity index (χ2v) is 9.96. The van der Waals surface area contributed by atoms with E-state index in [1.54, 1.807) is 0 Å². The molecule has 0 spiro atoms. The van der Waals surface area contributed by atoms with Gasteiger partial charge >= 0.3 is 12.4 Å². The van der Waals surface area contributed by atoms with Crippen LogP contribution >= 0.6 is 0 Å². The highest BCUT2D eigenvalue weighted by Gasteiger charge is 2.55. The summed E-state index contributed by atoms with van der Waals surface area (Å²) in [7, 11) is 1.30. The predicted octanol–water partition coefficient (Wildman–Crippen LogP) is 3.75. The molecule has 4 rings (SSSR count). The van der Waals surface area contributed by atoms with Crippen molar-refractivity contribution in [3.63, 3.8) is 0 Å². The van der Waals surface area contributed by atoms with E-state index in [2.05, 4.69) is 20.5 Å². The Bertz CT molecular complexity index is 1240. The zero-order valence-electron chi connectivity index (χ0n) is 21.1. The number of carbonyl (C=O) groups excluding carboxylic acids is 2. The molecule has 2 aliphatic rings. The van der Waals surface area contributed by atoms with Gasteiger partial charge in [0.25, 0.3) is 5.91 Å². The summed E-state index contributed by atoms with van der Waals surface area (Å²) in [6.07, 6.45) is -11.4. The van der Waals surface area contributed by atoms with Crippen molar-refractivity contribution >= 4 is 11.8 Å². The number of methoxy groups -OCH3 is 1. The smallest absolute Gasteiger partial charge is 0.417 e. The van der Waals surface area contributed by atoms with Crippen molar-refractivity contribution in [1.82, 2.24) is 25.4 Å². The molecule has 1 saturated heterocycles. The molecule has 2 fully saturated rings. The number of alkyl halides is 6. The van der Waals surface area contributed by atoms with Gasteiger partial charge in [-0.1, -0.05) is 0 Å². The second kappa shape index (κ2) is 10.9. The molecule has 1 aliphatic carbocycles. The molecule has 3 heterocycles. The third kappa shape index (κ3) is 6.00. The van der Waals surface area contributed by atoms with Gasteiger partial charge in [-0.15, -0.1) is 0 Å². The maximum absolute atomic E-state index is 14.2. The van der Waals surface area contributed by atoms with Crippen LogP contribution in [0.2, 0.25) is 0 Å². The fourth-order valence-corrected chi connectivity index (χ4v) is 5.05. The van der Waals surface area contributed by atoms with Crippen LogP contribution in [-0.4, -0.2) is 80.7 Å². The maximum Gasteiger partial charge on any atom is 0.417 e. The molecule has 0 bridgehead atoms. The van der Waals surface area contributed by atoms with E-state index in [9.17, 15) is 45.4 Å². The van der Waals surface area contributed by atoms with Crippen molar-refractivity contribution in [3.05, 3.63) is 29.8 Å². The van der Waals surface area contributed by atoms with Gasteiger partial charge in [0.1, 0.15) is 6.04 Å². The third-order valence-electron chi connectivity index (χ3n) is 7.43. The molecule has 220 valence electrons. The lowest BCUT2D eigenvalue weighted by Crippen LogP contribution is -2.56. The average Bonchev–Trinajstić information content (AvgIpc) is 3.38. The number of aromatic nitrogens is 3. The Labute approximate surface area is 223 Å². The van der Waals surface area contributed by atoms with E-state index in [0.717, 1.165) is 12.3 Å². The van der Waals surface area contributed by atoms with Gasteiger partial charge in [-0.05, 0) is 44.6 Å². The molecule has 1 saturated carbocycles. The topological polar surface area (TPSA) is 120 Å². The van der Waals surface area contributed by atoms with E-state index in [4.69, 9.17) is 4.74 Å². The van der Waals surface area contributed by atoms with Crippen LogP contribution < -0.4 is 10.1 Å². The fraction of sp³-hybridized carbons (Fsp3) is 0.583. The van der Waals surface area contributed by atoms with Crippen LogP contribution in [0.3, 0.4) is 0 Å². The largest absolute Gasteiger partial charge is 0.481 e. The number of nitrogens with zero attached hydrogens (tertiary/aromatic N) is 3. The number of carbonyl (C=O) groups is 2. The highest BCUT2D eigenvalue weighted by Crippen LogP contribution is 2.42. The Morgan fingerprint density at radius 1 is 1.15 bits per heavy atom. The quantitative estimate of drug-likeness (QED) is 0.463. The SMILES string of the molecule is COc1cc(-c2cc(C(=O)N3CCC(C(=O)NC4CCC(O)(C(F)(F)F)CC4)CC3C(F)(F)F)n[nH]2)c(F)cn1. The van der Waals surface area contributed by atoms with Crippen LogP contribution in [0, 0.1) is 11.7 Å². The number of rotatable bonds is 5. The van der Waals surface area contributed by atoms with Crippen molar-refractivity contribution in [2.24, 2.45) is 5.92 Å². The predicted molar refractivity (Wildman–Crippen MR) is 123 cm³/mol. The van der Waals surface area contributed by atoms with E-state index < -0.39 is 85.1 Å². The number of ether oxygens (including phenoxy) is 1. The van der Waals surface area contributed by atoms with E-state index in [1.807, 2.05) is 0 Å². The lowest BCUT2D eigenvalue weighted by atomic mass is 9.81. The summed E-state index contributed by atoms with van der Waals surface area (Å²) in [5.74, 6) is -3.71.